The Balaban J connectivity index is -0.0000000450. The fourth-order valence-corrected chi connectivity index (χ4v) is 0. The first-order chi connectivity index (χ1) is 5.20. The van der Waals surface area contributed by atoms with Crippen LogP contribution in [0.15, 0.2) is 0 Å². The molecule has 0 saturated heterocycles. The second kappa shape index (κ2) is 16.7. The summed E-state index contributed by atoms with van der Waals surface area (Å²) in [5.74, 6) is 0. The Kier molecular flexibility index (Phi) is 28.9. The smallest absolute Gasteiger partial charge is 0.356 e. The second-order valence-corrected chi connectivity index (χ2v) is 0.671. The Morgan fingerprint density at radius 3 is 0.538 bits per heavy atom. The average Bonchev–Trinajstić information content (AvgIpc) is 1.54. The van der Waals surface area contributed by atoms with Crippen molar-refractivity contribution in [2.24, 2.45) is 0 Å². The minimum atomic E-state index is -1.75. The van der Waals surface area contributed by atoms with Gasteiger partial charge in [0.05, 0.1) is 15.3 Å². The molecule has 0 fully saturated rings. The van der Waals surface area contributed by atoms with Crippen LogP contribution in [-0.2, 0) is 20.1 Å². The Labute approximate surface area is 82.1 Å². The van der Waals surface area contributed by atoms with Gasteiger partial charge in [-0.25, -0.2) is 0 Å². The van der Waals surface area contributed by atoms with Crippen molar-refractivity contribution in [3.8, 4) is 0 Å². The van der Waals surface area contributed by atoms with Gasteiger partial charge in [0.25, 0.3) is 0 Å². The molecule has 0 spiro atoms. The summed E-state index contributed by atoms with van der Waals surface area (Å²) in [6.07, 6.45) is 0. The maximum Gasteiger partial charge on any atom is 3.00 e. The van der Waals surface area contributed by atoms with Gasteiger partial charge in [-0.1, -0.05) is 0 Å². The minimum absolute atomic E-state index is 0. The van der Waals surface area contributed by atoms with Crippen molar-refractivity contribution in [3.63, 3.8) is 0 Å². The van der Waals surface area contributed by atoms with E-state index >= 15 is 0 Å². The van der Waals surface area contributed by atoms with E-state index in [1.807, 2.05) is 0 Å². The quantitative estimate of drug-likeness (QED) is 0.385. The molecule has 0 aromatic carbocycles. The molecule has 0 aliphatic rings. The van der Waals surface area contributed by atoms with Crippen molar-refractivity contribution in [2.45, 2.75) is 0 Å². The molecule has 0 rings (SSSR count). The SMILES string of the molecule is O=[N+]([O-])[O-].O=[N+]([O-])[O-].O=[N+]([O-])[O-].[Ir+3]. The first-order valence-corrected chi connectivity index (χ1v) is 1.64. The molecule has 13 heteroatoms. The summed E-state index contributed by atoms with van der Waals surface area (Å²) in [6.45, 7) is 0. The third-order valence-corrected chi connectivity index (χ3v) is 0. The molecule has 0 radical (unpaired) electrons. The van der Waals surface area contributed by atoms with Gasteiger partial charge in [0, 0.05) is 0 Å². The van der Waals surface area contributed by atoms with Gasteiger partial charge in [-0.3, -0.25) is 0 Å². The summed E-state index contributed by atoms with van der Waals surface area (Å²) < 4.78 is 0. The van der Waals surface area contributed by atoms with E-state index in [1.54, 1.807) is 0 Å². The van der Waals surface area contributed by atoms with E-state index in [1.165, 1.54) is 0 Å². The second-order valence-electron chi connectivity index (χ2n) is 0.671. The van der Waals surface area contributed by atoms with Crippen LogP contribution in [0.2, 0.25) is 0 Å². The monoisotopic (exact) mass is 379 g/mol. The molecule has 0 heterocycles. The molecule has 0 atom stereocenters. The molecule has 0 aliphatic heterocycles. The predicted octanol–water partition coefficient (Wildman–Crippen LogP) is -0.720. The summed E-state index contributed by atoms with van der Waals surface area (Å²) in [6, 6.07) is 0. The zero-order chi connectivity index (χ0) is 10.7. The van der Waals surface area contributed by atoms with Gasteiger partial charge >= 0.3 is 20.1 Å². The Morgan fingerprint density at radius 1 is 0.538 bits per heavy atom. The van der Waals surface area contributed by atoms with E-state index in [-0.39, 0.29) is 20.1 Å². The molecule has 0 aliphatic carbocycles. The van der Waals surface area contributed by atoms with E-state index in [2.05, 4.69) is 0 Å². The van der Waals surface area contributed by atoms with E-state index in [9.17, 15) is 0 Å². The van der Waals surface area contributed by atoms with Crippen LogP contribution in [0.1, 0.15) is 0 Å². The average molecular weight is 378 g/mol. The summed E-state index contributed by atoms with van der Waals surface area (Å²) >= 11 is 0. The fraction of sp³-hybridized carbons (Fsp3) is 0. The Morgan fingerprint density at radius 2 is 0.538 bits per heavy atom. The molecular formula is IrN3O9. The topological polar surface area (TPSA) is 199 Å². The van der Waals surface area contributed by atoms with Crippen LogP contribution in [0.3, 0.4) is 0 Å². The largest absolute Gasteiger partial charge is 3.00 e. The summed E-state index contributed by atoms with van der Waals surface area (Å²) in [5, 5.41) is 44.2. The van der Waals surface area contributed by atoms with Crippen LogP contribution in [0.5, 0.6) is 0 Å². The van der Waals surface area contributed by atoms with Crippen molar-refractivity contribution >= 4 is 0 Å². The fourth-order valence-electron chi connectivity index (χ4n) is 0. The van der Waals surface area contributed by atoms with Crippen LogP contribution in [0, 0.1) is 46.0 Å². The number of hydrogen-bond donors (Lipinski definition) is 0. The first kappa shape index (κ1) is 22.5. The zero-order valence-electron chi connectivity index (χ0n) is 5.35. The predicted molar refractivity (Wildman–Crippen MR) is 31.1 cm³/mol. The van der Waals surface area contributed by atoms with E-state index in [0.717, 1.165) is 0 Å². The van der Waals surface area contributed by atoms with Crippen molar-refractivity contribution in [2.75, 3.05) is 0 Å². The van der Waals surface area contributed by atoms with Gasteiger partial charge in [-0.05, 0) is 0 Å². The van der Waals surface area contributed by atoms with Crippen LogP contribution in [0.25, 0.3) is 0 Å². The van der Waals surface area contributed by atoms with Gasteiger partial charge in [0.2, 0.25) is 0 Å². The Hall–Kier alpha value is -1.75. The third-order valence-electron chi connectivity index (χ3n) is 0. The molecule has 78 valence electrons. The summed E-state index contributed by atoms with van der Waals surface area (Å²) in [5.41, 5.74) is 0. The molecule has 13 heavy (non-hydrogen) atoms. The summed E-state index contributed by atoms with van der Waals surface area (Å²) in [4.78, 5) is 24.8. The van der Waals surface area contributed by atoms with Gasteiger partial charge in [-0.2, -0.15) is 0 Å². The maximum atomic E-state index is 8.25. The van der Waals surface area contributed by atoms with Gasteiger partial charge in [0.15, 0.2) is 0 Å². The van der Waals surface area contributed by atoms with Crippen LogP contribution < -0.4 is 0 Å². The van der Waals surface area contributed by atoms with E-state index in [0.29, 0.717) is 0 Å². The van der Waals surface area contributed by atoms with Crippen molar-refractivity contribution in [3.05, 3.63) is 46.0 Å². The van der Waals surface area contributed by atoms with Crippen LogP contribution in [-0.4, -0.2) is 15.3 Å². The standard InChI is InChI=1S/Ir.3NO3/c;3*2-1(3)4/q+3;3*-1. The first-order valence-electron chi connectivity index (χ1n) is 1.64. The molecular weight excluding hydrogens is 378 g/mol. The molecule has 0 amide bonds. The Bertz CT molecular complexity index is 112. The van der Waals surface area contributed by atoms with Gasteiger partial charge in [0.1, 0.15) is 0 Å². The van der Waals surface area contributed by atoms with Crippen molar-refractivity contribution in [1.29, 1.82) is 0 Å². The summed E-state index contributed by atoms with van der Waals surface area (Å²) in [7, 11) is 0. The van der Waals surface area contributed by atoms with Crippen molar-refractivity contribution in [1.82, 2.24) is 0 Å². The van der Waals surface area contributed by atoms with Gasteiger partial charge in [-0.15, -0.1) is 0 Å². The molecule has 0 aromatic heterocycles. The number of hydrogen-bond acceptors (Lipinski definition) is 9. The van der Waals surface area contributed by atoms with Crippen LogP contribution >= 0.6 is 0 Å². The van der Waals surface area contributed by atoms with Crippen LogP contribution in [0.4, 0.5) is 0 Å². The van der Waals surface area contributed by atoms with Crippen molar-refractivity contribution < 1.29 is 35.4 Å². The third kappa shape index (κ3) is 228. The molecule has 0 unspecified atom stereocenters. The molecule has 12 nitrogen and oxygen atoms in total. The maximum absolute atomic E-state index is 8.25. The van der Waals surface area contributed by atoms with E-state index in [4.69, 9.17) is 46.0 Å². The zero-order valence-corrected chi connectivity index (χ0v) is 7.74. The van der Waals surface area contributed by atoms with E-state index < -0.39 is 15.3 Å². The minimum Gasteiger partial charge on any atom is -0.356 e. The van der Waals surface area contributed by atoms with Gasteiger partial charge < -0.3 is 46.0 Å². The molecule has 0 N–H and O–H groups in total. The molecule has 0 aromatic rings. The number of rotatable bonds is 0. The normalized spacial score (nSPS) is 5.54. The number of nitrogens with zero attached hydrogens (tertiary/aromatic N) is 3. The molecule has 0 bridgehead atoms. The molecule has 0 saturated carbocycles.